The Morgan fingerprint density at radius 1 is 1.00 bits per heavy atom. The van der Waals surface area contributed by atoms with Crippen molar-refractivity contribution in [1.82, 2.24) is 15.3 Å². The van der Waals surface area contributed by atoms with E-state index in [-0.39, 0.29) is 30.5 Å². The van der Waals surface area contributed by atoms with Gasteiger partial charge in [-0.25, -0.2) is 4.39 Å². The number of phenols is 1. The highest BCUT2D eigenvalue weighted by Crippen LogP contribution is 2.39. The van der Waals surface area contributed by atoms with E-state index in [0.717, 1.165) is 36.7 Å². The van der Waals surface area contributed by atoms with E-state index in [0.29, 0.717) is 60.5 Å². The van der Waals surface area contributed by atoms with Gasteiger partial charge >= 0.3 is 6.01 Å². The van der Waals surface area contributed by atoms with Crippen LogP contribution in [0.4, 0.5) is 10.2 Å². The van der Waals surface area contributed by atoms with Crippen LogP contribution in [0.25, 0.3) is 32.8 Å². The van der Waals surface area contributed by atoms with Crippen LogP contribution in [0.5, 0.6) is 11.8 Å². The summed E-state index contributed by atoms with van der Waals surface area (Å²) in [5.41, 5.74) is 0.693. The van der Waals surface area contributed by atoms with E-state index in [1.165, 1.54) is 0 Å². The van der Waals surface area contributed by atoms with Gasteiger partial charge in [-0.3, -0.25) is 0 Å². The monoisotopic (exact) mass is 544 g/mol. The molecule has 8 nitrogen and oxygen atoms in total. The molecule has 3 aromatic carbocycles. The molecule has 0 aliphatic carbocycles. The number of fused-ring (bicyclic) bond motifs is 4. The van der Waals surface area contributed by atoms with Crippen LogP contribution in [0.3, 0.4) is 0 Å². The van der Waals surface area contributed by atoms with Gasteiger partial charge in [0.2, 0.25) is 0 Å². The second kappa shape index (κ2) is 10.1. The third kappa shape index (κ3) is 4.52. The first-order valence-electron chi connectivity index (χ1n) is 14.1. The average Bonchev–Trinajstić information content (AvgIpc) is 3.33. The number of hydrogen-bond donors (Lipinski definition) is 3. The zero-order valence-electron chi connectivity index (χ0n) is 22.3. The number of aromatic nitrogens is 2. The fraction of sp³-hybridized carbons (Fsp3) is 0.419. The van der Waals surface area contributed by atoms with Crippen LogP contribution in [0.2, 0.25) is 0 Å². The normalized spacial score (nSPS) is 22.2. The first kappa shape index (κ1) is 25.4. The lowest BCUT2D eigenvalue weighted by atomic mass is 9.82. The maximum atomic E-state index is 16.5. The minimum absolute atomic E-state index is 0.0267. The predicted octanol–water partition coefficient (Wildman–Crippen LogP) is 4.40. The molecule has 4 heterocycles. The van der Waals surface area contributed by atoms with Gasteiger partial charge in [-0.05, 0) is 60.2 Å². The van der Waals surface area contributed by atoms with Gasteiger partial charge in [-0.1, -0.05) is 30.3 Å². The van der Waals surface area contributed by atoms with Crippen molar-refractivity contribution < 1.29 is 24.1 Å². The number of benzene rings is 3. The van der Waals surface area contributed by atoms with E-state index < -0.39 is 11.2 Å². The Morgan fingerprint density at radius 2 is 1.77 bits per heavy atom. The van der Waals surface area contributed by atoms with E-state index in [1.807, 2.05) is 30.3 Å². The Kier molecular flexibility index (Phi) is 6.45. The summed E-state index contributed by atoms with van der Waals surface area (Å²) in [6, 6.07) is 15.4. The zero-order valence-corrected chi connectivity index (χ0v) is 22.3. The summed E-state index contributed by atoms with van der Waals surface area (Å²) < 4.78 is 28.2. The molecule has 3 aliphatic heterocycles. The van der Waals surface area contributed by atoms with Gasteiger partial charge in [0, 0.05) is 54.8 Å². The first-order valence-corrected chi connectivity index (χ1v) is 14.1. The van der Waals surface area contributed by atoms with Crippen LogP contribution < -0.4 is 15.0 Å². The molecule has 1 aromatic heterocycles. The average molecular weight is 545 g/mol. The lowest BCUT2D eigenvalue weighted by Gasteiger charge is -2.35. The van der Waals surface area contributed by atoms with E-state index >= 15 is 4.39 Å². The summed E-state index contributed by atoms with van der Waals surface area (Å²) in [6.45, 7) is 2.88. The number of anilines is 1. The third-order valence-corrected chi connectivity index (χ3v) is 8.82. The number of aromatic hydroxyl groups is 1. The van der Waals surface area contributed by atoms with Crippen LogP contribution in [-0.4, -0.2) is 71.8 Å². The molecule has 0 amide bonds. The van der Waals surface area contributed by atoms with Crippen LogP contribution in [0.15, 0.2) is 48.5 Å². The molecule has 9 heteroatoms. The van der Waals surface area contributed by atoms with E-state index in [1.54, 1.807) is 18.2 Å². The third-order valence-electron chi connectivity index (χ3n) is 8.82. The minimum Gasteiger partial charge on any atom is -0.508 e. The van der Waals surface area contributed by atoms with Crippen molar-refractivity contribution in [2.24, 2.45) is 5.41 Å². The van der Waals surface area contributed by atoms with Crippen molar-refractivity contribution in [3.63, 3.8) is 0 Å². The van der Waals surface area contributed by atoms with Crippen molar-refractivity contribution >= 4 is 27.5 Å². The molecule has 208 valence electrons. The Morgan fingerprint density at radius 3 is 2.55 bits per heavy atom. The number of piperazine rings is 1. The van der Waals surface area contributed by atoms with E-state index in [9.17, 15) is 10.2 Å². The van der Waals surface area contributed by atoms with Gasteiger partial charge < -0.3 is 29.9 Å². The number of aliphatic hydroxyl groups excluding tert-OH is 1. The Bertz CT molecular complexity index is 1560. The van der Waals surface area contributed by atoms with Gasteiger partial charge in [-0.2, -0.15) is 9.97 Å². The number of ether oxygens (including phenoxy) is 2. The minimum atomic E-state index is -0.484. The fourth-order valence-corrected chi connectivity index (χ4v) is 6.50. The summed E-state index contributed by atoms with van der Waals surface area (Å²) in [5.74, 6) is 0.250. The molecule has 0 spiro atoms. The molecule has 4 aromatic rings. The highest BCUT2D eigenvalue weighted by atomic mass is 19.1. The highest BCUT2D eigenvalue weighted by molar-refractivity contribution is 6.01. The maximum Gasteiger partial charge on any atom is 0.319 e. The molecule has 3 fully saturated rings. The molecular formula is C31H33FN4O4. The fourth-order valence-electron chi connectivity index (χ4n) is 6.50. The number of nitrogens with zero attached hydrogens (tertiary/aromatic N) is 3. The van der Waals surface area contributed by atoms with Crippen LogP contribution >= 0.6 is 0 Å². The summed E-state index contributed by atoms with van der Waals surface area (Å²) in [7, 11) is 0. The molecule has 3 N–H and O–H groups in total. The largest absolute Gasteiger partial charge is 0.508 e. The van der Waals surface area contributed by atoms with Gasteiger partial charge in [0.1, 0.15) is 17.1 Å². The summed E-state index contributed by atoms with van der Waals surface area (Å²) in [4.78, 5) is 11.6. The van der Waals surface area contributed by atoms with Crippen LogP contribution in [0.1, 0.15) is 25.7 Å². The molecule has 3 saturated heterocycles. The standard InChI is InChI=1S/C31H33FN4O4/c32-27-24(26-14-22(38)13-19-3-1-2-4-23(19)26)7-8-25-28(27)34-30(40-18-31(17-37)9-11-39-12-10-31)35-29(25)36-15-20-5-6-21(16-36)33-20/h1-4,7-8,13-14,20-21,33,37-38H,5-6,9-12,15-18H2/t20-,21+. The van der Waals surface area contributed by atoms with Gasteiger partial charge in [0.15, 0.2) is 5.82 Å². The molecule has 7 rings (SSSR count). The number of rotatable bonds is 6. The SMILES string of the molecule is OCC1(COc2nc(N3C[C@H]4CC[C@@H](C3)N4)c3ccc(-c4cc(O)cc5ccccc45)c(F)c3n2)CCOCC1. The molecule has 2 bridgehead atoms. The predicted molar refractivity (Wildman–Crippen MR) is 151 cm³/mol. The summed E-state index contributed by atoms with van der Waals surface area (Å²) in [6.07, 6.45) is 3.57. The van der Waals surface area contributed by atoms with Gasteiger partial charge in [-0.15, -0.1) is 0 Å². The maximum absolute atomic E-state index is 16.5. The summed E-state index contributed by atoms with van der Waals surface area (Å²) in [5, 5.41) is 26.5. The molecule has 0 saturated carbocycles. The smallest absolute Gasteiger partial charge is 0.319 e. The van der Waals surface area contributed by atoms with Crippen LogP contribution in [-0.2, 0) is 4.74 Å². The van der Waals surface area contributed by atoms with Gasteiger partial charge in [0.25, 0.3) is 0 Å². The zero-order chi connectivity index (χ0) is 27.3. The first-order chi connectivity index (χ1) is 19.5. The lowest BCUT2D eigenvalue weighted by Crippen LogP contribution is -2.51. The van der Waals surface area contributed by atoms with E-state index in [4.69, 9.17) is 14.5 Å². The molecule has 0 unspecified atom stereocenters. The second-order valence-electron chi connectivity index (χ2n) is 11.5. The second-order valence-corrected chi connectivity index (χ2v) is 11.5. The lowest BCUT2D eigenvalue weighted by molar-refractivity contribution is -0.0409. The quantitative estimate of drug-likeness (QED) is 0.329. The molecular weight excluding hydrogens is 511 g/mol. The van der Waals surface area contributed by atoms with E-state index in [2.05, 4.69) is 15.2 Å². The highest BCUT2D eigenvalue weighted by Gasteiger charge is 2.35. The Labute approximate surface area is 231 Å². The number of phenolic OH excluding ortho intramolecular Hbond substituents is 1. The van der Waals surface area contributed by atoms with Crippen molar-refractivity contribution in [1.29, 1.82) is 0 Å². The Balaban J connectivity index is 1.35. The number of aliphatic hydroxyl groups is 1. The van der Waals surface area contributed by atoms with Crippen molar-refractivity contribution in [2.75, 3.05) is 44.4 Å². The summed E-state index contributed by atoms with van der Waals surface area (Å²) >= 11 is 0. The number of hydrogen-bond acceptors (Lipinski definition) is 8. The molecule has 3 aliphatic rings. The molecule has 2 atom stereocenters. The van der Waals surface area contributed by atoms with Gasteiger partial charge in [0.05, 0.1) is 13.2 Å². The number of nitrogens with one attached hydrogen (secondary N) is 1. The Hall–Kier alpha value is -3.53. The van der Waals surface area contributed by atoms with Crippen LogP contribution in [0, 0.1) is 11.2 Å². The molecule has 0 radical (unpaired) electrons. The topological polar surface area (TPSA) is 100.0 Å². The molecule has 40 heavy (non-hydrogen) atoms. The van der Waals surface area contributed by atoms with Crippen molar-refractivity contribution in [3.05, 3.63) is 54.3 Å². The van der Waals surface area contributed by atoms with Crippen molar-refractivity contribution in [2.45, 2.75) is 37.8 Å². The van der Waals surface area contributed by atoms with Crippen molar-refractivity contribution in [3.8, 4) is 22.9 Å². The number of halogens is 1.